The Morgan fingerprint density at radius 2 is 1.86 bits per heavy atom. The SMILES string of the molecule is CCOc1ccc(C(C)NC(=NC)NCCCN(C)CCOC)cc1OCC. The highest BCUT2D eigenvalue weighted by atomic mass is 16.5. The molecular weight excluding hydrogens is 356 g/mol. The van der Waals surface area contributed by atoms with Gasteiger partial charge in [-0.05, 0) is 58.5 Å². The molecule has 28 heavy (non-hydrogen) atoms. The van der Waals surface area contributed by atoms with E-state index in [9.17, 15) is 0 Å². The Labute approximate surface area is 170 Å². The van der Waals surface area contributed by atoms with Crippen molar-refractivity contribution >= 4 is 5.96 Å². The number of guanidine groups is 1. The van der Waals surface area contributed by atoms with Crippen LogP contribution in [-0.4, -0.2) is 71.5 Å². The lowest BCUT2D eigenvalue weighted by atomic mass is 10.1. The summed E-state index contributed by atoms with van der Waals surface area (Å²) in [6.07, 6.45) is 1.03. The molecule has 0 spiro atoms. The van der Waals surface area contributed by atoms with Gasteiger partial charge in [0, 0.05) is 27.2 Å². The first kappa shape index (κ1) is 24.0. The minimum absolute atomic E-state index is 0.0884. The van der Waals surface area contributed by atoms with E-state index in [2.05, 4.69) is 40.6 Å². The molecule has 2 N–H and O–H groups in total. The molecular formula is C21H38N4O3. The largest absolute Gasteiger partial charge is 0.490 e. The summed E-state index contributed by atoms with van der Waals surface area (Å²) in [5.74, 6) is 2.34. The summed E-state index contributed by atoms with van der Waals surface area (Å²) in [6, 6.07) is 6.15. The molecule has 0 aliphatic heterocycles. The number of rotatable bonds is 13. The maximum absolute atomic E-state index is 5.73. The number of hydrogen-bond acceptors (Lipinski definition) is 5. The van der Waals surface area contributed by atoms with E-state index in [1.807, 2.05) is 26.0 Å². The molecule has 0 aliphatic carbocycles. The highest BCUT2D eigenvalue weighted by molar-refractivity contribution is 5.80. The van der Waals surface area contributed by atoms with Gasteiger partial charge in [-0.1, -0.05) is 6.07 Å². The fraction of sp³-hybridized carbons (Fsp3) is 0.667. The normalized spacial score (nSPS) is 12.8. The van der Waals surface area contributed by atoms with Gasteiger partial charge >= 0.3 is 0 Å². The summed E-state index contributed by atoms with van der Waals surface area (Å²) in [7, 11) is 5.63. The van der Waals surface area contributed by atoms with E-state index in [0.717, 1.165) is 55.7 Å². The van der Waals surface area contributed by atoms with Crippen molar-refractivity contribution in [3.8, 4) is 11.5 Å². The number of methoxy groups -OCH3 is 1. The van der Waals surface area contributed by atoms with Crippen LogP contribution in [0.2, 0.25) is 0 Å². The van der Waals surface area contributed by atoms with Crippen molar-refractivity contribution in [1.29, 1.82) is 0 Å². The predicted octanol–water partition coefficient (Wildman–Crippen LogP) is 2.68. The third-order valence-electron chi connectivity index (χ3n) is 4.33. The highest BCUT2D eigenvalue weighted by Crippen LogP contribution is 2.30. The number of likely N-dealkylation sites (N-methyl/N-ethyl adjacent to an activating group) is 1. The standard InChI is InChI=1S/C21H38N4O3/c1-7-27-19-11-10-18(16-20(19)28-8-2)17(3)24-21(22-4)23-12-9-13-25(5)14-15-26-6/h10-11,16-17H,7-9,12-15H2,1-6H3,(H2,22,23,24). The lowest BCUT2D eigenvalue weighted by Crippen LogP contribution is -2.40. The Morgan fingerprint density at radius 1 is 1.14 bits per heavy atom. The second-order valence-corrected chi connectivity index (χ2v) is 6.59. The van der Waals surface area contributed by atoms with E-state index in [1.54, 1.807) is 14.2 Å². The zero-order valence-electron chi connectivity index (χ0n) is 18.4. The first-order valence-electron chi connectivity index (χ1n) is 10.1. The second-order valence-electron chi connectivity index (χ2n) is 6.59. The van der Waals surface area contributed by atoms with Crippen LogP contribution >= 0.6 is 0 Å². The molecule has 1 atom stereocenters. The molecule has 7 nitrogen and oxygen atoms in total. The van der Waals surface area contributed by atoms with Gasteiger partial charge in [-0.3, -0.25) is 4.99 Å². The quantitative estimate of drug-likeness (QED) is 0.305. The molecule has 0 fully saturated rings. The van der Waals surface area contributed by atoms with E-state index in [0.29, 0.717) is 13.2 Å². The van der Waals surface area contributed by atoms with Crippen molar-refractivity contribution in [3.63, 3.8) is 0 Å². The molecule has 1 aromatic rings. The van der Waals surface area contributed by atoms with E-state index >= 15 is 0 Å². The molecule has 0 amide bonds. The van der Waals surface area contributed by atoms with Crippen LogP contribution in [0, 0.1) is 0 Å². The van der Waals surface area contributed by atoms with Gasteiger partial charge in [0.25, 0.3) is 0 Å². The van der Waals surface area contributed by atoms with Gasteiger partial charge in [0.2, 0.25) is 0 Å². The summed E-state index contributed by atoms with van der Waals surface area (Å²) in [5.41, 5.74) is 1.12. The van der Waals surface area contributed by atoms with Gasteiger partial charge in [-0.2, -0.15) is 0 Å². The van der Waals surface area contributed by atoms with Crippen molar-refractivity contribution in [3.05, 3.63) is 23.8 Å². The van der Waals surface area contributed by atoms with Crippen LogP contribution in [-0.2, 0) is 4.74 Å². The van der Waals surface area contributed by atoms with Crippen LogP contribution in [0.3, 0.4) is 0 Å². The van der Waals surface area contributed by atoms with Crippen molar-refractivity contribution in [2.24, 2.45) is 4.99 Å². The molecule has 0 aromatic heterocycles. The van der Waals surface area contributed by atoms with Crippen LogP contribution < -0.4 is 20.1 Å². The van der Waals surface area contributed by atoms with Crippen molar-refractivity contribution < 1.29 is 14.2 Å². The van der Waals surface area contributed by atoms with Crippen LogP contribution in [0.25, 0.3) is 0 Å². The Hall–Kier alpha value is -1.99. The zero-order chi connectivity index (χ0) is 20.8. The second kappa shape index (κ2) is 14.1. The molecule has 0 aliphatic rings. The summed E-state index contributed by atoms with van der Waals surface area (Å²) in [4.78, 5) is 6.59. The monoisotopic (exact) mass is 394 g/mol. The topological polar surface area (TPSA) is 67.4 Å². The molecule has 1 rings (SSSR count). The lowest BCUT2D eigenvalue weighted by Gasteiger charge is -2.21. The minimum atomic E-state index is 0.0884. The third kappa shape index (κ3) is 8.80. The summed E-state index contributed by atoms with van der Waals surface area (Å²) >= 11 is 0. The van der Waals surface area contributed by atoms with Crippen LogP contribution in [0.5, 0.6) is 11.5 Å². The maximum Gasteiger partial charge on any atom is 0.191 e. The number of nitrogens with one attached hydrogen (secondary N) is 2. The Kier molecular flexibility index (Phi) is 12.1. The summed E-state index contributed by atoms with van der Waals surface area (Å²) < 4.78 is 16.5. The first-order chi connectivity index (χ1) is 13.5. The van der Waals surface area contributed by atoms with Gasteiger partial charge in [-0.15, -0.1) is 0 Å². The molecule has 1 aromatic carbocycles. The summed E-state index contributed by atoms with van der Waals surface area (Å²) in [5, 5.41) is 6.81. The predicted molar refractivity (Wildman–Crippen MR) is 116 cm³/mol. The lowest BCUT2D eigenvalue weighted by molar-refractivity contribution is 0.161. The molecule has 0 bridgehead atoms. The van der Waals surface area contributed by atoms with Gasteiger partial charge in [0.15, 0.2) is 17.5 Å². The van der Waals surface area contributed by atoms with E-state index < -0.39 is 0 Å². The molecule has 0 heterocycles. The van der Waals surface area contributed by atoms with E-state index in [4.69, 9.17) is 14.2 Å². The number of nitrogens with zero attached hydrogens (tertiary/aromatic N) is 2. The summed E-state index contributed by atoms with van der Waals surface area (Å²) in [6.45, 7) is 10.9. The molecule has 1 unspecified atom stereocenters. The zero-order valence-corrected chi connectivity index (χ0v) is 18.4. The molecule has 7 heteroatoms. The van der Waals surface area contributed by atoms with Crippen molar-refractivity contribution in [2.45, 2.75) is 33.2 Å². The number of hydrogen-bond donors (Lipinski definition) is 2. The molecule has 0 radical (unpaired) electrons. The number of ether oxygens (including phenoxy) is 3. The van der Waals surface area contributed by atoms with Gasteiger partial charge in [0.05, 0.1) is 25.9 Å². The molecule has 160 valence electrons. The number of aliphatic imine (C=N–C) groups is 1. The Balaban J connectivity index is 2.54. The third-order valence-corrected chi connectivity index (χ3v) is 4.33. The van der Waals surface area contributed by atoms with E-state index in [-0.39, 0.29) is 6.04 Å². The van der Waals surface area contributed by atoms with Gasteiger partial charge in [0.1, 0.15) is 0 Å². The maximum atomic E-state index is 5.73. The fourth-order valence-electron chi connectivity index (χ4n) is 2.73. The highest BCUT2D eigenvalue weighted by Gasteiger charge is 2.12. The van der Waals surface area contributed by atoms with Crippen LogP contribution in [0.15, 0.2) is 23.2 Å². The molecule has 0 saturated carbocycles. The average Bonchev–Trinajstić information content (AvgIpc) is 2.70. The van der Waals surface area contributed by atoms with E-state index in [1.165, 1.54) is 0 Å². The van der Waals surface area contributed by atoms with Crippen LogP contribution in [0.1, 0.15) is 38.8 Å². The smallest absolute Gasteiger partial charge is 0.191 e. The Morgan fingerprint density at radius 3 is 2.50 bits per heavy atom. The molecule has 0 saturated heterocycles. The minimum Gasteiger partial charge on any atom is -0.490 e. The van der Waals surface area contributed by atoms with Gasteiger partial charge < -0.3 is 29.7 Å². The van der Waals surface area contributed by atoms with Gasteiger partial charge in [-0.25, -0.2) is 0 Å². The van der Waals surface area contributed by atoms with Crippen LogP contribution in [0.4, 0.5) is 0 Å². The fourth-order valence-corrected chi connectivity index (χ4v) is 2.73. The Bertz CT molecular complexity index is 581. The van der Waals surface area contributed by atoms with Crippen molar-refractivity contribution in [2.75, 3.05) is 60.7 Å². The van der Waals surface area contributed by atoms with Crippen molar-refractivity contribution in [1.82, 2.24) is 15.5 Å². The average molecular weight is 395 g/mol. The number of benzene rings is 1. The first-order valence-corrected chi connectivity index (χ1v) is 10.1.